The Kier molecular flexibility index (Phi) is 7.01. The van der Waals surface area contributed by atoms with Crippen LogP contribution in [0.3, 0.4) is 0 Å². The number of hydrogen-bond acceptors (Lipinski definition) is 5. The topological polar surface area (TPSA) is 68.2 Å². The van der Waals surface area contributed by atoms with Crippen molar-refractivity contribution < 1.29 is 18.3 Å². The quantitative estimate of drug-likeness (QED) is 0.288. The van der Waals surface area contributed by atoms with E-state index in [0.717, 1.165) is 34.2 Å². The molecule has 1 aromatic heterocycles. The summed E-state index contributed by atoms with van der Waals surface area (Å²) in [4.78, 5) is 20.1. The number of carbonyl (C=O) groups is 1. The van der Waals surface area contributed by atoms with E-state index in [4.69, 9.17) is 4.74 Å². The summed E-state index contributed by atoms with van der Waals surface area (Å²) in [7, 11) is 1.60. The zero-order valence-corrected chi connectivity index (χ0v) is 18.4. The van der Waals surface area contributed by atoms with Crippen LogP contribution in [0, 0.1) is 11.6 Å². The summed E-state index contributed by atoms with van der Waals surface area (Å²) in [5.41, 5.74) is 2.96. The van der Waals surface area contributed by atoms with Crippen molar-refractivity contribution >= 4 is 17.9 Å². The molecule has 0 radical (unpaired) electrons. The first-order chi connectivity index (χ1) is 16.0. The molecule has 0 saturated heterocycles. The standard InChI is InChI=1S/C24H20F2N4O2S/c1-32-17-9-7-16(8-10-17)13-30-14-21(27-15-30)19-11-12-20(25)22(23(19)26)24(31)28-29-33-18-5-3-2-4-6-18/h2-12,14-15,29H,13H2,1H3,(H,28,31). The predicted octanol–water partition coefficient (Wildman–Crippen LogP) is 4.83. The molecular weight excluding hydrogens is 446 g/mol. The van der Waals surface area contributed by atoms with Gasteiger partial charge in [0.25, 0.3) is 5.91 Å². The zero-order chi connectivity index (χ0) is 23.2. The second-order valence-electron chi connectivity index (χ2n) is 7.03. The number of hydrazine groups is 1. The maximum absolute atomic E-state index is 15.1. The molecule has 0 atom stereocenters. The van der Waals surface area contributed by atoms with Gasteiger partial charge in [0, 0.05) is 23.2 Å². The maximum Gasteiger partial charge on any atom is 0.272 e. The van der Waals surface area contributed by atoms with Gasteiger partial charge in [0.2, 0.25) is 0 Å². The Labute approximate surface area is 193 Å². The first-order valence-corrected chi connectivity index (χ1v) is 10.8. The molecule has 6 nitrogen and oxygen atoms in total. The fourth-order valence-electron chi connectivity index (χ4n) is 3.17. The lowest BCUT2D eigenvalue weighted by Gasteiger charge is -2.10. The van der Waals surface area contributed by atoms with Gasteiger partial charge in [-0.25, -0.2) is 13.8 Å². The number of imidazole rings is 1. The van der Waals surface area contributed by atoms with Crippen molar-refractivity contribution in [1.82, 2.24) is 19.8 Å². The Morgan fingerprint density at radius 1 is 1.06 bits per heavy atom. The first-order valence-electron chi connectivity index (χ1n) is 9.95. The van der Waals surface area contributed by atoms with Crippen LogP contribution >= 0.6 is 11.9 Å². The van der Waals surface area contributed by atoms with Gasteiger partial charge in [-0.3, -0.25) is 10.2 Å². The third-order valence-electron chi connectivity index (χ3n) is 4.83. The summed E-state index contributed by atoms with van der Waals surface area (Å²) in [6, 6.07) is 19.0. The Bertz CT molecular complexity index is 1250. The average molecular weight is 467 g/mol. The molecule has 2 N–H and O–H groups in total. The molecule has 0 aliphatic rings. The van der Waals surface area contributed by atoms with Gasteiger partial charge in [-0.2, -0.15) is 4.83 Å². The maximum atomic E-state index is 15.1. The number of nitrogens with zero attached hydrogens (tertiary/aromatic N) is 2. The van der Waals surface area contributed by atoms with Gasteiger partial charge in [-0.05, 0) is 53.9 Å². The number of benzene rings is 3. The lowest BCUT2D eigenvalue weighted by molar-refractivity contribution is 0.0938. The van der Waals surface area contributed by atoms with Crippen molar-refractivity contribution in [3.63, 3.8) is 0 Å². The molecular formula is C24H20F2N4O2S. The van der Waals surface area contributed by atoms with E-state index in [1.165, 1.54) is 6.07 Å². The molecule has 0 unspecified atom stereocenters. The van der Waals surface area contributed by atoms with E-state index in [1.807, 2.05) is 54.6 Å². The number of rotatable bonds is 8. The SMILES string of the molecule is COc1ccc(Cn2cnc(-c3ccc(F)c(C(=O)NNSc4ccccc4)c3F)c2)cc1. The van der Waals surface area contributed by atoms with E-state index in [2.05, 4.69) is 15.2 Å². The first kappa shape index (κ1) is 22.5. The van der Waals surface area contributed by atoms with Crippen LogP contribution in [-0.2, 0) is 6.54 Å². The second-order valence-corrected chi connectivity index (χ2v) is 7.91. The highest BCUT2D eigenvalue weighted by atomic mass is 32.2. The highest BCUT2D eigenvalue weighted by molar-refractivity contribution is 7.97. The number of hydrogen-bond donors (Lipinski definition) is 2. The van der Waals surface area contributed by atoms with E-state index < -0.39 is 23.1 Å². The smallest absolute Gasteiger partial charge is 0.272 e. The van der Waals surface area contributed by atoms with Crippen LogP contribution in [0.25, 0.3) is 11.3 Å². The Morgan fingerprint density at radius 3 is 2.55 bits per heavy atom. The summed E-state index contributed by atoms with van der Waals surface area (Å²) in [5.74, 6) is -2.11. The molecule has 168 valence electrons. The van der Waals surface area contributed by atoms with Gasteiger partial charge in [0.15, 0.2) is 0 Å². The van der Waals surface area contributed by atoms with Crippen molar-refractivity contribution in [3.05, 3.63) is 102 Å². The van der Waals surface area contributed by atoms with Crippen LogP contribution in [0.1, 0.15) is 15.9 Å². The number of nitrogens with one attached hydrogen (secondary N) is 2. The molecule has 0 fully saturated rings. The molecule has 0 spiro atoms. The minimum absolute atomic E-state index is 0.0331. The normalized spacial score (nSPS) is 10.8. The molecule has 4 aromatic rings. The van der Waals surface area contributed by atoms with Gasteiger partial charge in [-0.1, -0.05) is 30.3 Å². The second kappa shape index (κ2) is 10.3. The molecule has 0 aliphatic carbocycles. The van der Waals surface area contributed by atoms with Gasteiger partial charge in [-0.15, -0.1) is 0 Å². The van der Waals surface area contributed by atoms with Crippen LogP contribution in [0.2, 0.25) is 0 Å². The van der Waals surface area contributed by atoms with Crippen LogP contribution in [0.15, 0.2) is 84.1 Å². The number of methoxy groups -OCH3 is 1. The van der Waals surface area contributed by atoms with Gasteiger partial charge in [0.1, 0.15) is 22.9 Å². The Balaban J connectivity index is 1.48. The molecule has 0 aliphatic heterocycles. The van der Waals surface area contributed by atoms with E-state index in [9.17, 15) is 9.18 Å². The van der Waals surface area contributed by atoms with E-state index in [-0.39, 0.29) is 5.56 Å². The number of halogens is 2. The minimum Gasteiger partial charge on any atom is -0.497 e. The lowest BCUT2D eigenvalue weighted by Crippen LogP contribution is -2.33. The Hall–Kier alpha value is -3.69. The highest BCUT2D eigenvalue weighted by Crippen LogP contribution is 2.26. The molecule has 4 rings (SSSR count). The highest BCUT2D eigenvalue weighted by Gasteiger charge is 2.22. The average Bonchev–Trinajstić information content (AvgIpc) is 3.28. The van der Waals surface area contributed by atoms with E-state index >= 15 is 4.39 Å². The fraction of sp³-hybridized carbons (Fsp3) is 0.0833. The predicted molar refractivity (Wildman–Crippen MR) is 123 cm³/mol. The number of ether oxygens (including phenoxy) is 1. The van der Waals surface area contributed by atoms with Gasteiger partial charge >= 0.3 is 0 Å². The molecule has 0 saturated carbocycles. The Morgan fingerprint density at radius 2 is 1.82 bits per heavy atom. The number of amides is 1. The lowest BCUT2D eigenvalue weighted by atomic mass is 10.1. The van der Waals surface area contributed by atoms with E-state index in [1.54, 1.807) is 24.2 Å². The van der Waals surface area contributed by atoms with Crippen LogP contribution in [0.5, 0.6) is 5.75 Å². The molecule has 0 bridgehead atoms. The molecule has 9 heteroatoms. The largest absolute Gasteiger partial charge is 0.497 e. The van der Waals surface area contributed by atoms with Gasteiger partial charge < -0.3 is 9.30 Å². The van der Waals surface area contributed by atoms with Crippen molar-refractivity contribution in [2.75, 3.05) is 7.11 Å². The van der Waals surface area contributed by atoms with Crippen molar-refractivity contribution in [3.8, 4) is 17.0 Å². The molecule has 33 heavy (non-hydrogen) atoms. The third-order valence-corrected chi connectivity index (χ3v) is 5.54. The van der Waals surface area contributed by atoms with Gasteiger partial charge in [0.05, 0.1) is 19.1 Å². The summed E-state index contributed by atoms with van der Waals surface area (Å²) >= 11 is 1.11. The summed E-state index contributed by atoms with van der Waals surface area (Å²) in [6.07, 6.45) is 3.20. The minimum atomic E-state index is -0.978. The molecule has 1 amide bonds. The zero-order valence-electron chi connectivity index (χ0n) is 17.6. The van der Waals surface area contributed by atoms with Crippen LogP contribution < -0.4 is 15.0 Å². The number of aromatic nitrogens is 2. The van der Waals surface area contributed by atoms with Crippen molar-refractivity contribution in [2.24, 2.45) is 0 Å². The van der Waals surface area contributed by atoms with Crippen LogP contribution in [0.4, 0.5) is 8.78 Å². The summed E-state index contributed by atoms with van der Waals surface area (Å²) in [6.45, 7) is 0.508. The third kappa shape index (κ3) is 5.39. The summed E-state index contributed by atoms with van der Waals surface area (Å²) in [5, 5.41) is 0. The monoisotopic (exact) mass is 466 g/mol. The van der Waals surface area contributed by atoms with Crippen molar-refractivity contribution in [2.45, 2.75) is 11.4 Å². The molecule has 3 aromatic carbocycles. The van der Waals surface area contributed by atoms with Crippen LogP contribution in [-0.4, -0.2) is 22.6 Å². The van der Waals surface area contributed by atoms with E-state index in [0.29, 0.717) is 12.2 Å². The molecule has 1 heterocycles. The summed E-state index contributed by atoms with van der Waals surface area (Å²) < 4.78 is 36.4. The van der Waals surface area contributed by atoms with Crippen molar-refractivity contribution in [1.29, 1.82) is 0 Å². The fourth-order valence-corrected chi connectivity index (χ4v) is 3.72. The number of carbonyl (C=O) groups excluding carboxylic acids is 1.